The summed E-state index contributed by atoms with van der Waals surface area (Å²) in [5.41, 5.74) is 1.84. The van der Waals surface area contributed by atoms with Crippen LogP contribution in [0.1, 0.15) is 64.3 Å². The van der Waals surface area contributed by atoms with Crippen molar-refractivity contribution >= 4 is 52.0 Å². The molecule has 0 saturated carbocycles. The van der Waals surface area contributed by atoms with Crippen LogP contribution in [0, 0.1) is 6.92 Å². The van der Waals surface area contributed by atoms with Gasteiger partial charge in [-0.15, -0.1) is 0 Å². The van der Waals surface area contributed by atoms with E-state index in [4.69, 9.17) is 14.6 Å². The second-order valence-electron chi connectivity index (χ2n) is 13.5. The van der Waals surface area contributed by atoms with Crippen LogP contribution < -0.4 is 20.9 Å². The highest BCUT2D eigenvalue weighted by Gasteiger charge is 2.34. The number of pyridine rings is 1. The number of carbonyl (C=O) groups excluding carboxylic acids is 4. The summed E-state index contributed by atoms with van der Waals surface area (Å²) in [6, 6.07) is 20.7. The smallest absolute Gasteiger partial charge is 0.425 e. The number of fused-ring (bicyclic) bond motifs is 1. The van der Waals surface area contributed by atoms with Gasteiger partial charge in [-0.1, -0.05) is 42.0 Å². The second kappa shape index (κ2) is 15.2. The van der Waals surface area contributed by atoms with Crippen molar-refractivity contribution in [1.29, 1.82) is 0 Å². The Balaban J connectivity index is 1.64. The van der Waals surface area contributed by atoms with Crippen LogP contribution in [-0.2, 0) is 25.6 Å². The minimum absolute atomic E-state index is 0.0396. The van der Waals surface area contributed by atoms with Crippen LogP contribution in [0.15, 0.2) is 79.0 Å². The highest BCUT2D eigenvalue weighted by Crippen LogP contribution is 2.31. The lowest BCUT2D eigenvalue weighted by Gasteiger charge is -2.28. The van der Waals surface area contributed by atoms with Crippen LogP contribution in [0.25, 0.3) is 10.8 Å². The van der Waals surface area contributed by atoms with Crippen LogP contribution in [0.3, 0.4) is 0 Å². The minimum Gasteiger partial charge on any atom is -0.443 e. The van der Waals surface area contributed by atoms with Crippen molar-refractivity contribution in [3.63, 3.8) is 0 Å². The van der Waals surface area contributed by atoms with Gasteiger partial charge in [0.15, 0.2) is 5.82 Å². The average Bonchev–Trinajstić information content (AvgIpc) is 3.01. The van der Waals surface area contributed by atoms with E-state index >= 15 is 0 Å². The number of aryl methyl sites for hydroxylation is 1. The molecule has 0 bridgehead atoms. The quantitative estimate of drug-likeness (QED) is 0.154. The van der Waals surface area contributed by atoms with Crippen LogP contribution >= 0.6 is 0 Å². The van der Waals surface area contributed by atoms with Gasteiger partial charge in [0, 0.05) is 29.5 Å². The molecule has 4 rings (SSSR count). The molecular formula is C37H43N5O7. The lowest BCUT2D eigenvalue weighted by molar-refractivity contribution is -0.122. The Bertz CT molecular complexity index is 1800. The lowest BCUT2D eigenvalue weighted by Crippen LogP contribution is -2.44. The first kappa shape index (κ1) is 36.3. The fourth-order valence-electron chi connectivity index (χ4n) is 4.77. The van der Waals surface area contributed by atoms with Gasteiger partial charge in [0.05, 0.1) is 0 Å². The maximum atomic E-state index is 13.7. The van der Waals surface area contributed by atoms with E-state index in [1.54, 1.807) is 84.0 Å². The Labute approximate surface area is 285 Å². The SMILES string of the molecule is Cc1ccc(C(Nc2ccc3c(N(C(=O)OC(C)(C)C)C(=O)OC(C)(C)C)nccc3c2)C(=O)NCc2cccc(NC(=O)CO)c2)cc1. The van der Waals surface area contributed by atoms with E-state index < -0.39 is 41.9 Å². The first-order valence-electron chi connectivity index (χ1n) is 15.8. The monoisotopic (exact) mass is 669 g/mol. The topological polar surface area (TPSA) is 159 Å². The summed E-state index contributed by atoms with van der Waals surface area (Å²) in [4.78, 5) is 57.1. The number of benzene rings is 3. The maximum Gasteiger partial charge on any atom is 0.425 e. The summed E-state index contributed by atoms with van der Waals surface area (Å²) in [5.74, 6) is -0.798. The van der Waals surface area contributed by atoms with Crippen LogP contribution in [0.5, 0.6) is 0 Å². The summed E-state index contributed by atoms with van der Waals surface area (Å²) in [5, 5.41) is 19.0. The van der Waals surface area contributed by atoms with Gasteiger partial charge in [0.2, 0.25) is 11.8 Å². The average molecular weight is 670 g/mol. The van der Waals surface area contributed by atoms with E-state index in [0.29, 0.717) is 22.1 Å². The number of anilines is 3. The molecule has 12 heteroatoms. The molecule has 49 heavy (non-hydrogen) atoms. The Morgan fingerprint density at radius 2 is 1.49 bits per heavy atom. The van der Waals surface area contributed by atoms with Crippen molar-refractivity contribution in [2.24, 2.45) is 0 Å². The summed E-state index contributed by atoms with van der Waals surface area (Å²) < 4.78 is 11.1. The van der Waals surface area contributed by atoms with E-state index in [0.717, 1.165) is 21.6 Å². The third kappa shape index (κ3) is 10.2. The van der Waals surface area contributed by atoms with E-state index in [9.17, 15) is 19.2 Å². The van der Waals surface area contributed by atoms with Crippen LogP contribution in [0.2, 0.25) is 0 Å². The molecule has 0 spiro atoms. The molecule has 0 saturated heterocycles. The Kier molecular flexibility index (Phi) is 11.2. The molecule has 0 aliphatic heterocycles. The minimum atomic E-state index is -0.929. The number of carbonyl (C=O) groups is 4. The number of aliphatic hydroxyl groups excluding tert-OH is 1. The highest BCUT2D eigenvalue weighted by molar-refractivity contribution is 6.14. The molecule has 4 amide bonds. The van der Waals surface area contributed by atoms with Crippen molar-refractivity contribution in [3.8, 4) is 0 Å². The highest BCUT2D eigenvalue weighted by atomic mass is 16.6. The normalized spacial score (nSPS) is 12.1. The molecule has 4 N–H and O–H groups in total. The number of hydrogen-bond acceptors (Lipinski definition) is 9. The zero-order valence-electron chi connectivity index (χ0n) is 28.8. The van der Waals surface area contributed by atoms with Gasteiger partial charge in [-0.2, -0.15) is 4.90 Å². The number of hydrogen-bond donors (Lipinski definition) is 4. The zero-order chi connectivity index (χ0) is 35.9. The molecule has 1 aromatic heterocycles. The van der Waals surface area contributed by atoms with Crippen molar-refractivity contribution in [1.82, 2.24) is 10.3 Å². The number of aromatic nitrogens is 1. The largest absolute Gasteiger partial charge is 0.443 e. The predicted octanol–water partition coefficient (Wildman–Crippen LogP) is 6.62. The van der Waals surface area contributed by atoms with Gasteiger partial charge in [-0.25, -0.2) is 14.6 Å². The van der Waals surface area contributed by atoms with Gasteiger partial charge in [0.1, 0.15) is 23.9 Å². The van der Waals surface area contributed by atoms with Crippen molar-refractivity contribution in [2.45, 2.75) is 72.3 Å². The molecule has 1 unspecified atom stereocenters. The summed E-state index contributed by atoms with van der Waals surface area (Å²) in [7, 11) is 0. The number of imide groups is 1. The zero-order valence-corrected chi connectivity index (χ0v) is 28.8. The number of rotatable bonds is 9. The molecule has 0 aliphatic carbocycles. The van der Waals surface area contributed by atoms with Crippen LogP contribution in [0.4, 0.5) is 26.8 Å². The fourth-order valence-corrected chi connectivity index (χ4v) is 4.77. The van der Waals surface area contributed by atoms with Crippen molar-refractivity contribution in [3.05, 3.63) is 95.7 Å². The van der Waals surface area contributed by atoms with Crippen molar-refractivity contribution in [2.75, 3.05) is 22.1 Å². The number of ether oxygens (including phenoxy) is 2. The molecule has 0 radical (unpaired) electrons. The second-order valence-corrected chi connectivity index (χ2v) is 13.5. The number of amides is 4. The first-order valence-corrected chi connectivity index (χ1v) is 15.8. The Morgan fingerprint density at radius 3 is 2.10 bits per heavy atom. The molecule has 0 fully saturated rings. The third-order valence-electron chi connectivity index (χ3n) is 6.91. The van der Waals surface area contributed by atoms with E-state index in [2.05, 4.69) is 20.9 Å². The molecule has 4 aromatic rings. The summed E-state index contributed by atoms with van der Waals surface area (Å²) >= 11 is 0. The lowest BCUT2D eigenvalue weighted by atomic mass is 10.0. The van der Waals surface area contributed by atoms with Gasteiger partial charge in [-0.05, 0) is 101 Å². The van der Waals surface area contributed by atoms with Gasteiger partial charge in [0.25, 0.3) is 0 Å². The standard InChI is InChI=1S/C37H43N5O7/c1-23-11-13-25(14-12-23)31(33(45)39-21-24-9-8-10-27(19-24)40-30(44)22-43)41-28-15-16-29-26(20-28)17-18-38-32(29)42(34(46)48-36(2,3)4)35(47)49-37(5,6)7/h8-20,31,41,43H,21-22H2,1-7H3,(H,39,45)(H,40,44). The van der Waals surface area contributed by atoms with Crippen molar-refractivity contribution < 1.29 is 33.8 Å². The molecule has 0 aliphatic rings. The maximum absolute atomic E-state index is 13.7. The number of nitrogens with one attached hydrogen (secondary N) is 3. The Morgan fingerprint density at radius 1 is 0.837 bits per heavy atom. The fraction of sp³-hybridized carbons (Fsp3) is 0.324. The summed E-state index contributed by atoms with van der Waals surface area (Å²) in [6.45, 7) is 11.7. The molecule has 258 valence electrons. The van der Waals surface area contributed by atoms with Gasteiger partial charge < -0.3 is 30.5 Å². The first-order chi connectivity index (χ1) is 23.0. The van der Waals surface area contributed by atoms with Gasteiger partial charge in [-0.3, -0.25) is 9.59 Å². The molecule has 3 aromatic carbocycles. The van der Waals surface area contributed by atoms with E-state index in [-0.39, 0.29) is 18.3 Å². The number of aliphatic hydroxyl groups is 1. The van der Waals surface area contributed by atoms with E-state index in [1.807, 2.05) is 37.3 Å². The Hall–Kier alpha value is -5.49. The predicted molar refractivity (Wildman–Crippen MR) is 188 cm³/mol. The molecular weight excluding hydrogens is 626 g/mol. The van der Waals surface area contributed by atoms with E-state index in [1.165, 1.54) is 6.20 Å². The molecule has 1 heterocycles. The summed E-state index contributed by atoms with van der Waals surface area (Å²) in [6.07, 6.45) is -0.382. The molecule has 1 atom stereocenters. The molecule has 12 nitrogen and oxygen atoms in total. The van der Waals surface area contributed by atoms with Gasteiger partial charge >= 0.3 is 12.2 Å². The van der Waals surface area contributed by atoms with Crippen LogP contribution in [-0.4, -0.2) is 51.9 Å². The third-order valence-corrected chi connectivity index (χ3v) is 6.91. The number of nitrogens with zero attached hydrogens (tertiary/aromatic N) is 2.